The van der Waals surface area contributed by atoms with E-state index in [9.17, 15) is 27.2 Å². The number of hydrogen-bond donors (Lipinski definition) is 2. The number of nitrogens with one attached hydrogen (secondary N) is 2. The second-order valence-electron chi connectivity index (χ2n) is 5.49. The first-order valence-electron chi connectivity index (χ1n) is 7.37. The van der Waals surface area contributed by atoms with Gasteiger partial charge in [-0.3, -0.25) is 14.9 Å². The number of anilines is 1. The van der Waals surface area contributed by atoms with Crippen molar-refractivity contribution in [2.24, 2.45) is 0 Å². The molecule has 0 spiro atoms. The highest BCUT2D eigenvalue weighted by molar-refractivity contribution is 5.95. The summed E-state index contributed by atoms with van der Waals surface area (Å²) in [4.78, 5) is 25.2. The molecule has 25 heavy (non-hydrogen) atoms. The number of benzene rings is 1. The number of likely N-dealkylation sites (N-methyl/N-ethyl adjacent to an activating group) is 1. The van der Waals surface area contributed by atoms with E-state index in [2.05, 4.69) is 10.6 Å². The van der Waals surface area contributed by atoms with Crippen molar-refractivity contribution in [3.05, 3.63) is 29.8 Å². The summed E-state index contributed by atoms with van der Waals surface area (Å²) in [5, 5.41) is 4.46. The highest BCUT2D eigenvalue weighted by atomic mass is 35.5. The van der Waals surface area contributed by atoms with Gasteiger partial charge in [0, 0.05) is 13.0 Å². The highest BCUT2D eigenvalue weighted by Crippen LogP contribution is 2.26. The van der Waals surface area contributed by atoms with Gasteiger partial charge >= 0.3 is 0 Å². The van der Waals surface area contributed by atoms with Crippen LogP contribution in [-0.2, 0) is 9.59 Å². The van der Waals surface area contributed by atoms with Gasteiger partial charge in [-0.25, -0.2) is 17.6 Å². The van der Waals surface area contributed by atoms with E-state index in [0.717, 1.165) is 23.1 Å². The van der Waals surface area contributed by atoms with Crippen LogP contribution in [0.1, 0.15) is 13.3 Å². The van der Waals surface area contributed by atoms with Gasteiger partial charge in [0.2, 0.25) is 11.8 Å². The average molecular weight is 384 g/mol. The van der Waals surface area contributed by atoms with Gasteiger partial charge in [0.05, 0.1) is 19.1 Å². The number of hydrogen-bond acceptors (Lipinski definition) is 3. The van der Waals surface area contributed by atoms with Crippen LogP contribution in [0.25, 0.3) is 0 Å². The molecule has 1 atom stereocenters. The molecule has 0 saturated carbocycles. The summed E-state index contributed by atoms with van der Waals surface area (Å²) in [5.41, 5.74) is -0.614. The van der Waals surface area contributed by atoms with Crippen molar-refractivity contribution in [2.75, 3.05) is 25.0 Å². The molecule has 1 aromatic rings. The predicted molar refractivity (Wildman–Crippen MR) is 85.8 cm³/mol. The van der Waals surface area contributed by atoms with E-state index < -0.39 is 60.6 Å². The van der Waals surface area contributed by atoms with Gasteiger partial charge in [-0.05, 0) is 19.1 Å². The van der Waals surface area contributed by atoms with Crippen molar-refractivity contribution < 1.29 is 27.2 Å². The number of carbonyl (C=O) groups is 2. The molecule has 1 saturated heterocycles. The molecule has 0 aliphatic carbocycles. The smallest absolute Gasteiger partial charge is 0.262 e. The maximum atomic E-state index is 13.5. The Balaban J connectivity index is 0.00000312. The zero-order chi connectivity index (χ0) is 17.9. The second kappa shape index (κ2) is 8.48. The third kappa shape index (κ3) is 5.30. The van der Waals surface area contributed by atoms with E-state index in [-0.39, 0.29) is 19.0 Å². The van der Waals surface area contributed by atoms with Crippen LogP contribution < -0.4 is 10.6 Å². The summed E-state index contributed by atoms with van der Waals surface area (Å²) in [7, 11) is 0. The standard InChI is InChI=1S/C15H17F4N3O2.ClH/c1-2-22(14(24)11-6-15(18,19)8-20-11)7-12(23)21-13-9(16)4-3-5-10(13)17;/h3-5,11,20H,2,6-8H2,1H3,(H,21,23);1H. The van der Waals surface area contributed by atoms with E-state index in [1.807, 2.05) is 0 Å². The van der Waals surface area contributed by atoms with Gasteiger partial charge in [-0.15, -0.1) is 12.4 Å². The van der Waals surface area contributed by atoms with Crippen molar-refractivity contribution in [1.82, 2.24) is 10.2 Å². The van der Waals surface area contributed by atoms with E-state index in [4.69, 9.17) is 0 Å². The molecule has 1 aromatic carbocycles. The van der Waals surface area contributed by atoms with Gasteiger partial charge in [-0.1, -0.05) is 6.07 Å². The molecule has 2 rings (SSSR count). The van der Waals surface area contributed by atoms with Crippen LogP contribution in [-0.4, -0.2) is 48.3 Å². The maximum Gasteiger partial charge on any atom is 0.262 e. The molecule has 0 aromatic heterocycles. The molecule has 1 aliphatic heterocycles. The molecule has 1 heterocycles. The van der Waals surface area contributed by atoms with Crippen LogP contribution in [0.4, 0.5) is 23.2 Å². The van der Waals surface area contributed by atoms with E-state index in [0.29, 0.717) is 0 Å². The quantitative estimate of drug-likeness (QED) is 0.766. The molecular formula is C15H18ClF4N3O2. The minimum absolute atomic E-state index is 0. The summed E-state index contributed by atoms with van der Waals surface area (Å²) >= 11 is 0. The molecule has 1 unspecified atom stereocenters. The van der Waals surface area contributed by atoms with Gasteiger partial charge in [0.15, 0.2) is 0 Å². The van der Waals surface area contributed by atoms with Crippen LogP contribution in [0.5, 0.6) is 0 Å². The second-order valence-corrected chi connectivity index (χ2v) is 5.49. The summed E-state index contributed by atoms with van der Waals surface area (Å²) in [5.74, 6) is -6.35. The van der Waals surface area contributed by atoms with Gasteiger partial charge in [-0.2, -0.15) is 0 Å². The third-order valence-corrected chi connectivity index (χ3v) is 3.66. The lowest BCUT2D eigenvalue weighted by molar-refractivity contribution is -0.136. The fraction of sp³-hybridized carbons (Fsp3) is 0.467. The normalized spacial score (nSPS) is 18.4. The number of carbonyl (C=O) groups excluding carboxylic acids is 2. The van der Waals surface area contributed by atoms with Crippen LogP contribution in [0.15, 0.2) is 18.2 Å². The van der Waals surface area contributed by atoms with E-state index >= 15 is 0 Å². The third-order valence-electron chi connectivity index (χ3n) is 3.66. The molecule has 140 valence electrons. The molecule has 0 radical (unpaired) electrons. The van der Waals surface area contributed by atoms with E-state index in [1.165, 1.54) is 0 Å². The Kier molecular flexibility index (Phi) is 7.18. The summed E-state index contributed by atoms with van der Waals surface area (Å²) in [6.45, 7) is 0.568. The largest absolute Gasteiger partial charge is 0.332 e. The maximum absolute atomic E-state index is 13.5. The Morgan fingerprint density at radius 1 is 1.32 bits per heavy atom. The molecule has 0 bridgehead atoms. The Morgan fingerprint density at radius 2 is 1.92 bits per heavy atom. The summed E-state index contributed by atoms with van der Waals surface area (Å²) in [6, 6.07) is 2.02. The van der Waals surface area contributed by atoms with Crippen LogP contribution in [0.2, 0.25) is 0 Å². The van der Waals surface area contributed by atoms with Gasteiger partial charge in [0.1, 0.15) is 17.3 Å². The zero-order valence-corrected chi connectivity index (χ0v) is 14.1. The summed E-state index contributed by atoms with van der Waals surface area (Å²) < 4.78 is 53.3. The minimum atomic E-state index is -2.97. The average Bonchev–Trinajstić information content (AvgIpc) is 2.88. The molecule has 2 N–H and O–H groups in total. The van der Waals surface area contributed by atoms with E-state index in [1.54, 1.807) is 6.92 Å². The van der Waals surface area contributed by atoms with Gasteiger partial charge in [0.25, 0.3) is 5.92 Å². The van der Waals surface area contributed by atoms with Crippen molar-refractivity contribution >= 4 is 29.9 Å². The fourth-order valence-corrected chi connectivity index (χ4v) is 2.43. The number of nitrogens with zero attached hydrogens (tertiary/aromatic N) is 1. The lowest BCUT2D eigenvalue weighted by Gasteiger charge is -2.23. The fourth-order valence-electron chi connectivity index (χ4n) is 2.43. The molecule has 1 aliphatic rings. The first kappa shape index (κ1) is 21.2. The highest BCUT2D eigenvalue weighted by Gasteiger charge is 2.43. The monoisotopic (exact) mass is 383 g/mol. The van der Waals surface area contributed by atoms with Crippen molar-refractivity contribution in [1.29, 1.82) is 0 Å². The SMILES string of the molecule is CCN(CC(=O)Nc1c(F)cccc1F)C(=O)C1CC(F)(F)CN1.Cl. The van der Waals surface area contributed by atoms with Crippen molar-refractivity contribution in [2.45, 2.75) is 25.3 Å². The number of alkyl halides is 2. The van der Waals surface area contributed by atoms with Crippen molar-refractivity contribution in [3.8, 4) is 0 Å². The molecule has 1 fully saturated rings. The Morgan fingerprint density at radius 3 is 2.40 bits per heavy atom. The van der Waals surface area contributed by atoms with Gasteiger partial charge < -0.3 is 10.2 Å². The Labute approximate surface area is 148 Å². The summed E-state index contributed by atoms with van der Waals surface area (Å²) in [6.07, 6.45) is -0.647. The molecule has 5 nitrogen and oxygen atoms in total. The number of halogens is 5. The topological polar surface area (TPSA) is 61.4 Å². The van der Waals surface area contributed by atoms with Crippen LogP contribution in [0, 0.1) is 11.6 Å². The van der Waals surface area contributed by atoms with Crippen LogP contribution >= 0.6 is 12.4 Å². The van der Waals surface area contributed by atoms with Crippen LogP contribution in [0.3, 0.4) is 0 Å². The number of amides is 2. The lowest BCUT2D eigenvalue weighted by Crippen LogP contribution is -2.46. The lowest BCUT2D eigenvalue weighted by atomic mass is 10.1. The molecular weight excluding hydrogens is 366 g/mol. The zero-order valence-electron chi connectivity index (χ0n) is 13.3. The predicted octanol–water partition coefficient (Wildman–Crippen LogP) is 2.17. The number of para-hydroxylation sites is 1. The first-order chi connectivity index (χ1) is 11.2. The van der Waals surface area contributed by atoms with Crippen molar-refractivity contribution in [3.63, 3.8) is 0 Å². The molecule has 10 heteroatoms. The minimum Gasteiger partial charge on any atom is -0.332 e. The Hall–Kier alpha value is -1.87. The first-order valence-corrected chi connectivity index (χ1v) is 7.37. The molecule has 2 amide bonds. The Bertz CT molecular complexity index is 625. The number of rotatable bonds is 5.